The first-order chi connectivity index (χ1) is 13.0. The average Bonchev–Trinajstić information content (AvgIpc) is 3.28. The smallest absolute Gasteiger partial charge is 0.480 e. The average molecular weight is 396 g/mol. The molecule has 3 N–H and O–H groups in total. The fraction of sp³-hybridized carbons (Fsp3) is 0.684. The summed E-state index contributed by atoms with van der Waals surface area (Å²) in [6.45, 7) is 8.81. The lowest BCUT2D eigenvalue weighted by atomic mass is 9.70. The van der Waals surface area contributed by atoms with Crippen LogP contribution in [0.25, 0.3) is 0 Å². The molecule has 1 heterocycles. The van der Waals surface area contributed by atoms with Gasteiger partial charge in [0.05, 0.1) is 5.92 Å². The van der Waals surface area contributed by atoms with E-state index < -0.39 is 41.3 Å². The van der Waals surface area contributed by atoms with E-state index in [4.69, 9.17) is 20.4 Å². The third-order valence-corrected chi connectivity index (χ3v) is 5.91. The van der Waals surface area contributed by atoms with Crippen LogP contribution in [0.4, 0.5) is 4.79 Å². The van der Waals surface area contributed by atoms with E-state index in [1.807, 2.05) is 0 Å². The second-order valence-electron chi connectivity index (χ2n) is 8.22. The van der Waals surface area contributed by atoms with Crippen molar-refractivity contribution in [1.82, 2.24) is 5.06 Å². The first-order valence-electron chi connectivity index (χ1n) is 9.33. The molecule has 2 unspecified atom stereocenters. The van der Waals surface area contributed by atoms with Crippen molar-refractivity contribution < 1.29 is 33.9 Å². The van der Waals surface area contributed by atoms with Crippen LogP contribution in [-0.4, -0.2) is 46.3 Å². The highest BCUT2D eigenvalue weighted by molar-refractivity contribution is 6.03. The minimum atomic E-state index is -1.13. The molecule has 2 fully saturated rings. The summed E-state index contributed by atoms with van der Waals surface area (Å²) in [5.74, 6) is -3.16. The predicted molar refractivity (Wildman–Crippen MR) is 97.4 cm³/mol. The van der Waals surface area contributed by atoms with Gasteiger partial charge in [0.1, 0.15) is 12.1 Å². The van der Waals surface area contributed by atoms with E-state index in [0.717, 1.165) is 0 Å². The number of nitrogens with zero attached hydrogens (tertiary/aromatic N) is 1. The summed E-state index contributed by atoms with van der Waals surface area (Å²) in [6.07, 6.45) is 1.91. The number of allylic oxidation sites excluding steroid dienone is 1. The van der Waals surface area contributed by atoms with Gasteiger partial charge < -0.3 is 15.6 Å². The normalized spacial score (nSPS) is 26.6. The maximum absolute atomic E-state index is 12.5. The molecule has 2 amide bonds. The summed E-state index contributed by atoms with van der Waals surface area (Å²) in [5, 5.41) is 9.61. The lowest BCUT2D eigenvalue weighted by Gasteiger charge is -2.36. The molecule has 1 aliphatic heterocycles. The number of hydrogen-bond acceptors (Lipinski definition) is 7. The molecule has 28 heavy (non-hydrogen) atoms. The number of rotatable bonds is 9. The van der Waals surface area contributed by atoms with Crippen LogP contribution in [0.15, 0.2) is 12.7 Å². The van der Waals surface area contributed by atoms with Gasteiger partial charge >= 0.3 is 12.1 Å². The van der Waals surface area contributed by atoms with Crippen molar-refractivity contribution >= 4 is 23.9 Å². The highest BCUT2D eigenvalue weighted by Crippen LogP contribution is 2.39. The van der Waals surface area contributed by atoms with Crippen molar-refractivity contribution in [2.45, 2.75) is 58.6 Å². The second kappa shape index (κ2) is 8.30. The van der Waals surface area contributed by atoms with Gasteiger partial charge in [-0.05, 0) is 30.6 Å². The molecule has 1 saturated carbocycles. The van der Waals surface area contributed by atoms with Crippen LogP contribution in [-0.2, 0) is 24.0 Å². The van der Waals surface area contributed by atoms with E-state index in [2.05, 4.69) is 6.58 Å². The third-order valence-electron chi connectivity index (χ3n) is 5.91. The molecule has 9 heteroatoms. The van der Waals surface area contributed by atoms with Crippen molar-refractivity contribution in [3.8, 4) is 0 Å². The molecule has 9 nitrogen and oxygen atoms in total. The van der Waals surface area contributed by atoms with E-state index in [9.17, 15) is 19.2 Å². The summed E-state index contributed by atoms with van der Waals surface area (Å²) in [4.78, 5) is 52.5. The maximum Gasteiger partial charge on any atom is 0.534 e. The molecule has 0 spiro atoms. The van der Waals surface area contributed by atoms with Crippen molar-refractivity contribution in [3.05, 3.63) is 12.7 Å². The number of amides is 2. The summed E-state index contributed by atoms with van der Waals surface area (Å²) >= 11 is 0. The number of carbonyl (C=O) groups is 4. The summed E-state index contributed by atoms with van der Waals surface area (Å²) < 4.78 is 5.08. The molecule has 0 aromatic rings. The Kier molecular flexibility index (Phi) is 6.48. The molecular weight excluding hydrogens is 368 g/mol. The minimum Gasteiger partial charge on any atom is -0.480 e. The molecular formula is C19H28N2O7. The Balaban J connectivity index is 1.91. The van der Waals surface area contributed by atoms with Crippen LogP contribution in [0.1, 0.15) is 46.5 Å². The van der Waals surface area contributed by atoms with E-state index >= 15 is 0 Å². The lowest BCUT2D eigenvalue weighted by Crippen LogP contribution is -2.48. The van der Waals surface area contributed by atoms with Gasteiger partial charge in [0.25, 0.3) is 11.8 Å². The number of imide groups is 1. The van der Waals surface area contributed by atoms with Crippen molar-refractivity contribution in [1.29, 1.82) is 0 Å². The summed E-state index contributed by atoms with van der Waals surface area (Å²) in [7, 11) is 0. The predicted octanol–water partition coefficient (Wildman–Crippen LogP) is 1.86. The van der Waals surface area contributed by atoms with Crippen LogP contribution in [0.3, 0.4) is 0 Å². The quantitative estimate of drug-likeness (QED) is 0.342. The number of aliphatic carboxylic acids is 1. The molecule has 0 aromatic heterocycles. The number of hydroxylamine groups is 2. The number of hydrogen-bond donors (Lipinski definition) is 2. The molecule has 1 aliphatic carbocycles. The fourth-order valence-electron chi connectivity index (χ4n) is 3.35. The van der Waals surface area contributed by atoms with Crippen LogP contribution in [0.2, 0.25) is 0 Å². The Morgan fingerprint density at radius 1 is 1.43 bits per heavy atom. The minimum absolute atomic E-state index is 0.114. The third kappa shape index (κ3) is 4.70. The standard InChI is InChI=1S/C19H28N2O7/c1-5-6-11-8-13(11)27-18(26)28-21-14(22)9-12(16(21)23)7-10(2)19(3,4)15(20)17(24)25/h5,10-13,15H,1,6-9,20H2,2-4H3,(H,24,25)/t10?,11-,12?,13-,15-/m1/s1. The monoisotopic (exact) mass is 396 g/mol. The summed E-state index contributed by atoms with van der Waals surface area (Å²) in [6, 6.07) is -1.11. The van der Waals surface area contributed by atoms with Gasteiger partial charge in [-0.3, -0.25) is 19.2 Å². The molecule has 1 saturated heterocycles. The van der Waals surface area contributed by atoms with Crippen LogP contribution >= 0.6 is 0 Å². The number of carboxylic acid groups (broad SMARTS) is 1. The molecule has 0 bridgehead atoms. The Hall–Kier alpha value is -2.42. The maximum atomic E-state index is 12.5. The summed E-state index contributed by atoms with van der Waals surface area (Å²) in [5.41, 5.74) is 4.96. The van der Waals surface area contributed by atoms with Gasteiger partial charge in [-0.1, -0.05) is 31.9 Å². The Morgan fingerprint density at radius 2 is 2.07 bits per heavy atom. The largest absolute Gasteiger partial charge is 0.534 e. The van der Waals surface area contributed by atoms with E-state index in [1.165, 1.54) is 0 Å². The van der Waals surface area contributed by atoms with Crippen molar-refractivity contribution in [2.75, 3.05) is 0 Å². The van der Waals surface area contributed by atoms with Gasteiger partial charge in [-0.25, -0.2) is 4.79 Å². The number of ether oxygens (including phenoxy) is 1. The molecule has 0 radical (unpaired) electrons. The first-order valence-corrected chi connectivity index (χ1v) is 9.33. The SMILES string of the molecule is C=CC[C@@H]1C[C@H]1OC(=O)ON1C(=O)CC(CC(C)C(C)(C)[C@H](N)C(=O)O)C1=O. The first kappa shape index (κ1) is 21.9. The van der Waals surface area contributed by atoms with Gasteiger partial charge in [0.2, 0.25) is 0 Å². The highest BCUT2D eigenvalue weighted by atomic mass is 16.8. The molecule has 2 rings (SSSR count). The molecule has 0 aromatic carbocycles. The number of carbonyl (C=O) groups excluding carboxylic acids is 3. The van der Waals surface area contributed by atoms with E-state index in [0.29, 0.717) is 17.9 Å². The highest BCUT2D eigenvalue weighted by Gasteiger charge is 2.47. The van der Waals surface area contributed by atoms with Crippen molar-refractivity contribution in [3.63, 3.8) is 0 Å². The van der Waals surface area contributed by atoms with E-state index in [-0.39, 0.29) is 30.8 Å². The Bertz CT molecular complexity index is 675. The Morgan fingerprint density at radius 3 is 2.64 bits per heavy atom. The number of nitrogens with two attached hydrogens (primary N) is 1. The fourth-order valence-corrected chi connectivity index (χ4v) is 3.35. The van der Waals surface area contributed by atoms with Crippen LogP contribution < -0.4 is 5.73 Å². The zero-order valence-corrected chi connectivity index (χ0v) is 16.4. The zero-order valence-electron chi connectivity index (χ0n) is 16.4. The number of carboxylic acids is 1. The Labute approximate surface area is 163 Å². The van der Waals surface area contributed by atoms with Gasteiger partial charge in [-0.2, -0.15) is 0 Å². The lowest BCUT2D eigenvalue weighted by molar-refractivity contribution is -0.178. The van der Waals surface area contributed by atoms with Gasteiger partial charge in [0.15, 0.2) is 0 Å². The van der Waals surface area contributed by atoms with Crippen LogP contribution in [0, 0.1) is 23.2 Å². The van der Waals surface area contributed by atoms with Gasteiger partial charge in [-0.15, -0.1) is 6.58 Å². The zero-order chi connectivity index (χ0) is 21.2. The second-order valence-corrected chi connectivity index (χ2v) is 8.22. The van der Waals surface area contributed by atoms with E-state index in [1.54, 1.807) is 26.8 Å². The van der Waals surface area contributed by atoms with Crippen molar-refractivity contribution in [2.24, 2.45) is 28.9 Å². The molecule has 5 atom stereocenters. The van der Waals surface area contributed by atoms with Gasteiger partial charge in [0, 0.05) is 12.3 Å². The topological polar surface area (TPSA) is 136 Å². The molecule has 2 aliphatic rings. The van der Waals surface area contributed by atoms with Crippen LogP contribution in [0.5, 0.6) is 0 Å². The molecule has 156 valence electrons.